The molecule has 0 bridgehead atoms. The third kappa shape index (κ3) is 10.5. The normalized spacial score (nSPS) is 16.7. The molecule has 0 radical (unpaired) electrons. The van der Waals surface area contributed by atoms with Crippen LogP contribution in [0, 0.1) is 0 Å². The Hall–Kier alpha value is -1.06. The summed E-state index contributed by atoms with van der Waals surface area (Å²) in [5, 5.41) is 6.83. The number of nitrogens with one attached hydrogen (secondary N) is 2. The molecule has 1 aliphatic rings. The maximum Gasteiger partial charge on any atom is 0.191 e. The lowest BCUT2D eigenvalue weighted by Crippen LogP contribution is -2.42. The molecule has 29 heavy (non-hydrogen) atoms. The molecule has 6 nitrogen and oxygen atoms in total. The van der Waals surface area contributed by atoms with Gasteiger partial charge >= 0.3 is 0 Å². The number of halogens is 1. The zero-order valence-electron chi connectivity index (χ0n) is 18.8. The van der Waals surface area contributed by atoms with Gasteiger partial charge in [0.1, 0.15) is 11.4 Å². The molecular weight excluding hydrogens is 477 g/mol. The summed E-state index contributed by atoms with van der Waals surface area (Å²) in [7, 11) is 2.21. The Morgan fingerprint density at radius 2 is 1.86 bits per heavy atom. The van der Waals surface area contributed by atoms with Crippen molar-refractivity contribution >= 4 is 29.9 Å². The van der Waals surface area contributed by atoms with E-state index in [9.17, 15) is 0 Å². The molecule has 0 amide bonds. The molecule has 1 saturated heterocycles. The molecule has 0 saturated carbocycles. The second-order valence-corrected chi connectivity index (χ2v) is 8.44. The van der Waals surface area contributed by atoms with E-state index in [1.54, 1.807) is 0 Å². The van der Waals surface area contributed by atoms with Crippen molar-refractivity contribution in [2.24, 2.45) is 4.99 Å². The number of hydrogen-bond acceptors (Lipinski definition) is 4. The smallest absolute Gasteiger partial charge is 0.191 e. The number of benzene rings is 1. The molecule has 1 aromatic rings. The fourth-order valence-corrected chi connectivity index (χ4v) is 3.23. The first-order chi connectivity index (χ1) is 13.4. The minimum absolute atomic E-state index is 0. The lowest BCUT2D eigenvalue weighted by atomic mass is 10.1. The molecule has 0 aromatic heterocycles. The summed E-state index contributed by atoms with van der Waals surface area (Å²) in [5.41, 5.74) is 0.884. The van der Waals surface area contributed by atoms with Gasteiger partial charge in [-0.05, 0) is 60.3 Å². The van der Waals surface area contributed by atoms with Gasteiger partial charge in [0.2, 0.25) is 0 Å². The van der Waals surface area contributed by atoms with Crippen LogP contribution in [0.4, 0.5) is 0 Å². The van der Waals surface area contributed by atoms with Crippen molar-refractivity contribution in [3.63, 3.8) is 0 Å². The van der Waals surface area contributed by atoms with E-state index in [-0.39, 0.29) is 29.6 Å². The minimum Gasteiger partial charge on any atom is -0.488 e. The van der Waals surface area contributed by atoms with E-state index in [2.05, 4.69) is 61.2 Å². The predicted octanol–water partition coefficient (Wildman–Crippen LogP) is 3.17. The summed E-state index contributed by atoms with van der Waals surface area (Å²) < 4.78 is 6.09. The van der Waals surface area contributed by atoms with Crippen LogP contribution in [0.3, 0.4) is 0 Å². The van der Waals surface area contributed by atoms with Crippen molar-refractivity contribution in [3.8, 4) is 5.75 Å². The molecule has 1 aliphatic heterocycles. The zero-order chi connectivity index (χ0) is 20.4. The van der Waals surface area contributed by atoms with Gasteiger partial charge in [-0.3, -0.25) is 0 Å². The highest BCUT2D eigenvalue weighted by molar-refractivity contribution is 14.0. The Kier molecular flexibility index (Phi) is 11.9. The van der Waals surface area contributed by atoms with Crippen LogP contribution >= 0.6 is 24.0 Å². The Labute approximate surface area is 194 Å². The van der Waals surface area contributed by atoms with E-state index in [0.717, 1.165) is 50.0 Å². The fraction of sp³-hybridized carbons (Fsp3) is 0.682. The van der Waals surface area contributed by atoms with Crippen LogP contribution in [0.15, 0.2) is 29.3 Å². The molecule has 0 spiro atoms. The lowest BCUT2D eigenvalue weighted by molar-refractivity contribution is 0.129. The lowest BCUT2D eigenvalue weighted by Gasteiger charge is -2.23. The van der Waals surface area contributed by atoms with Crippen molar-refractivity contribution in [1.29, 1.82) is 0 Å². The van der Waals surface area contributed by atoms with Crippen molar-refractivity contribution in [1.82, 2.24) is 20.4 Å². The highest BCUT2D eigenvalue weighted by Gasteiger charge is 2.14. The molecular formula is C22H40IN5O. The van der Waals surface area contributed by atoms with Gasteiger partial charge in [0.25, 0.3) is 0 Å². The van der Waals surface area contributed by atoms with Crippen LogP contribution in [0.25, 0.3) is 0 Å². The van der Waals surface area contributed by atoms with Crippen molar-refractivity contribution in [3.05, 3.63) is 29.8 Å². The number of guanidine groups is 1. The SMILES string of the molecule is CCNC(=NCc1ccccc1OC(C)(C)C)NCCN1CCCN(C)CC1.I. The molecule has 1 fully saturated rings. The van der Waals surface area contributed by atoms with Crippen molar-refractivity contribution in [2.75, 3.05) is 52.9 Å². The Morgan fingerprint density at radius 1 is 1.10 bits per heavy atom. The van der Waals surface area contributed by atoms with E-state index in [4.69, 9.17) is 9.73 Å². The average molecular weight is 518 g/mol. The summed E-state index contributed by atoms with van der Waals surface area (Å²) in [5.74, 6) is 1.77. The standard InChI is InChI=1S/C22H39N5O.HI/c1-6-23-21(24-12-15-27-14-9-13-26(5)16-17-27)25-18-19-10-7-8-11-20(19)28-22(2,3)4;/h7-8,10-11H,6,9,12-18H2,1-5H3,(H2,23,24,25);1H. The summed E-state index contributed by atoms with van der Waals surface area (Å²) in [4.78, 5) is 9.72. The number of hydrogen-bond donors (Lipinski definition) is 2. The molecule has 0 atom stereocenters. The molecule has 0 unspecified atom stereocenters. The highest BCUT2D eigenvalue weighted by Crippen LogP contribution is 2.23. The van der Waals surface area contributed by atoms with Crippen LogP contribution in [-0.2, 0) is 6.54 Å². The molecule has 166 valence electrons. The van der Waals surface area contributed by atoms with Crippen LogP contribution in [-0.4, -0.2) is 74.2 Å². The average Bonchev–Trinajstić information content (AvgIpc) is 2.84. The van der Waals surface area contributed by atoms with E-state index < -0.39 is 0 Å². The zero-order valence-corrected chi connectivity index (χ0v) is 21.2. The predicted molar refractivity (Wildman–Crippen MR) is 134 cm³/mol. The second kappa shape index (κ2) is 13.3. The van der Waals surface area contributed by atoms with Crippen LogP contribution in [0.2, 0.25) is 0 Å². The quantitative estimate of drug-likeness (QED) is 0.331. The van der Waals surface area contributed by atoms with Gasteiger partial charge in [-0.1, -0.05) is 18.2 Å². The van der Waals surface area contributed by atoms with E-state index >= 15 is 0 Å². The molecule has 1 aromatic carbocycles. The second-order valence-electron chi connectivity index (χ2n) is 8.44. The van der Waals surface area contributed by atoms with Gasteiger partial charge in [0.15, 0.2) is 5.96 Å². The first-order valence-electron chi connectivity index (χ1n) is 10.6. The van der Waals surface area contributed by atoms with Crippen molar-refractivity contribution < 1.29 is 4.74 Å². The van der Waals surface area contributed by atoms with Gasteiger partial charge in [0.05, 0.1) is 6.54 Å². The summed E-state index contributed by atoms with van der Waals surface area (Å²) in [6, 6.07) is 8.15. The van der Waals surface area contributed by atoms with Gasteiger partial charge in [-0.25, -0.2) is 4.99 Å². The van der Waals surface area contributed by atoms with E-state index in [0.29, 0.717) is 6.54 Å². The monoisotopic (exact) mass is 517 g/mol. The van der Waals surface area contributed by atoms with E-state index in [1.165, 1.54) is 19.5 Å². The molecule has 1 heterocycles. The molecule has 7 heteroatoms. The first-order valence-corrected chi connectivity index (χ1v) is 10.6. The maximum absolute atomic E-state index is 6.09. The minimum atomic E-state index is -0.218. The van der Waals surface area contributed by atoms with Crippen LogP contribution < -0.4 is 15.4 Å². The van der Waals surface area contributed by atoms with Gasteiger partial charge < -0.3 is 25.2 Å². The first kappa shape index (κ1) is 26.0. The summed E-state index contributed by atoms with van der Waals surface area (Å²) >= 11 is 0. The number of rotatable bonds is 7. The summed E-state index contributed by atoms with van der Waals surface area (Å²) in [6.07, 6.45) is 1.25. The van der Waals surface area contributed by atoms with Crippen LogP contribution in [0.1, 0.15) is 39.7 Å². The Balaban J connectivity index is 0.00000420. The molecule has 2 N–H and O–H groups in total. The fourth-order valence-electron chi connectivity index (χ4n) is 3.23. The number of aliphatic imine (C=N–C) groups is 1. The number of ether oxygens (including phenoxy) is 1. The maximum atomic E-state index is 6.09. The highest BCUT2D eigenvalue weighted by atomic mass is 127. The van der Waals surface area contributed by atoms with Gasteiger partial charge in [-0.15, -0.1) is 24.0 Å². The van der Waals surface area contributed by atoms with E-state index in [1.807, 2.05) is 18.2 Å². The van der Waals surface area contributed by atoms with Gasteiger partial charge in [0, 0.05) is 38.3 Å². The summed E-state index contributed by atoms with van der Waals surface area (Å²) in [6.45, 7) is 16.4. The largest absolute Gasteiger partial charge is 0.488 e. The topological polar surface area (TPSA) is 52.1 Å². The van der Waals surface area contributed by atoms with Crippen LogP contribution in [0.5, 0.6) is 5.75 Å². The third-order valence-corrected chi connectivity index (χ3v) is 4.67. The molecule has 0 aliphatic carbocycles. The number of nitrogens with zero attached hydrogens (tertiary/aromatic N) is 3. The molecule has 2 rings (SSSR count). The number of likely N-dealkylation sites (N-methyl/N-ethyl adjacent to an activating group) is 1. The Morgan fingerprint density at radius 3 is 2.59 bits per heavy atom. The van der Waals surface area contributed by atoms with Crippen molar-refractivity contribution in [2.45, 2.75) is 46.3 Å². The Bertz CT molecular complexity index is 617. The third-order valence-electron chi connectivity index (χ3n) is 4.67. The van der Waals surface area contributed by atoms with Gasteiger partial charge in [-0.2, -0.15) is 0 Å². The number of para-hydroxylation sites is 1.